The van der Waals surface area contributed by atoms with E-state index in [4.69, 9.17) is 9.72 Å². The molecule has 0 unspecified atom stereocenters. The number of hydrogen-bond acceptors (Lipinski definition) is 3. The molecule has 0 spiro atoms. The van der Waals surface area contributed by atoms with Crippen LogP contribution in [0.1, 0.15) is 126 Å². The molecule has 0 radical (unpaired) electrons. The Balaban J connectivity index is 1.29. The molecule has 0 aliphatic carbocycles. The summed E-state index contributed by atoms with van der Waals surface area (Å²) in [6, 6.07) is 15.6. The summed E-state index contributed by atoms with van der Waals surface area (Å²) in [6.07, 6.45) is 22.8. The Labute approximate surface area is 243 Å². The van der Waals surface area contributed by atoms with E-state index in [1.165, 1.54) is 108 Å². The third-order valence-corrected chi connectivity index (χ3v) is 7.96. The maximum absolute atomic E-state index is 12.6. The zero-order valence-electron chi connectivity index (χ0n) is 25.3. The Morgan fingerprint density at radius 3 is 1.88 bits per heavy atom. The lowest BCUT2D eigenvalue weighted by Gasteiger charge is -2.10. The van der Waals surface area contributed by atoms with Gasteiger partial charge in [0.25, 0.3) is 5.91 Å². The van der Waals surface area contributed by atoms with Crippen molar-refractivity contribution < 1.29 is 9.53 Å². The van der Waals surface area contributed by atoms with Crippen molar-refractivity contribution >= 4 is 16.9 Å². The predicted octanol–water partition coefficient (Wildman–Crippen LogP) is 9.28. The van der Waals surface area contributed by atoms with Crippen molar-refractivity contribution in [2.75, 3.05) is 13.7 Å². The van der Waals surface area contributed by atoms with Gasteiger partial charge < -0.3 is 14.6 Å². The van der Waals surface area contributed by atoms with Gasteiger partial charge in [-0.15, -0.1) is 0 Å². The van der Waals surface area contributed by atoms with Gasteiger partial charge in [0.05, 0.1) is 18.1 Å². The maximum Gasteiger partial charge on any atom is 0.251 e. The number of aryl methyl sites for hydroxylation is 1. The summed E-state index contributed by atoms with van der Waals surface area (Å²) in [6.45, 7) is 3.84. The molecule has 0 atom stereocenters. The molecule has 1 N–H and O–H groups in total. The minimum Gasteiger partial charge on any atom is -0.497 e. The lowest BCUT2D eigenvalue weighted by Crippen LogP contribution is -2.26. The maximum atomic E-state index is 12.6. The average Bonchev–Trinajstić information content (AvgIpc) is 3.34. The molecule has 5 nitrogen and oxygen atoms in total. The van der Waals surface area contributed by atoms with E-state index in [9.17, 15) is 4.79 Å². The Bertz CT molecular complexity index is 1090. The highest BCUT2D eigenvalue weighted by atomic mass is 16.5. The fraction of sp³-hybridized carbons (Fsp3) is 0.600. The van der Waals surface area contributed by atoms with Crippen LogP contribution in [-0.4, -0.2) is 29.1 Å². The summed E-state index contributed by atoms with van der Waals surface area (Å²) in [5.41, 5.74) is 2.87. The molecule has 1 heterocycles. The molecular weight excluding hydrogens is 494 g/mol. The van der Waals surface area contributed by atoms with E-state index in [2.05, 4.69) is 35.0 Å². The summed E-state index contributed by atoms with van der Waals surface area (Å²) in [7, 11) is 1.63. The normalized spacial score (nSPS) is 11.2. The number of carbonyl (C=O) groups excluding carboxylic acids is 1. The van der Waals surface area contributed by atoms with Gasteiger partial charge in [0.1, 0.15) is 11.6 Å². The topological polar surface area (TPSA) is 56.2 Å². The third kappa shape index (κ3) is 11.3. The van der Waals surface area contributed by atoms with Crippen molar-refractivity contribution in [3.8, 4) is 5.75 Å². The molecule has 0 aliphatic heterocycles. The zero-order valence-corrected chi connectivity index (χ0v) is 25.3. The first-order chi connectivity index (χ1) is 19.7. The number of benzene rings is 2. The Kier molecular flexibility index (Phi) is 15.3. The van der Waals surface area contributed by atoms with Crippen molar-refractivity contribution in [1.29, 1.82) is 0 Å². The van der Waals surface area contributed by atoms with Crippen LogP contribution < -0.4 is 10.1 Å². The number of nitrogens with zero attached hydrogens (tertiary/aromatic N) is 2. The van der Waals surface area contributed by atoms with Crippen LogP contribution in [0.4, 0.5) is 0 Å². The van der Waals surface area contributed by atoms with E-state index in [0.29, 0.717) is 12.1 Å². The zero-order chi connectivity index (χ0) is 28.3. The van der Waals surface area contributed by atoms with E-state index in [1.54, 1.807) is 19.2 Å². The molecule has 220 valence electrons. The minimum absolute atomic E-state index is 0.0666. The first kappa shape index (κ1) is 31.7. The van der Waals surface area contributed by atoms with Crippen LogP contribution in [0.15, 0.2) is 48.5 Å². The predicted molar refractivity (Wildman–Crippen MR) is 168 cm³/mol. The molecule has 0 saturated carbocycles. The molecule has 0 saturated heterocycles. The van der Waals surface area contributed by atoms with Crippen LogP contribution in [0.25, 0.3) is 11.0 Å². The number of amides is 1. The molecule has 0 bridgehead atoms. The molecule has 2 aromatic carbocycles. The highest BCUT2D eigenvalue weighted by Gasteiger charge is 2.11. The van der Waals surface area contributed by atoms with E-state index in [0.717, 1.165) is 30.1 Å². The largest absolute Gasteiger partial charge is 0.497 e. The number of fused-ring (bicyclic) bond motifs is 1. The van der Waals surface area contributed by atoms with Gasteiger partial charge in [0, 0.05) is 25.1 Å². The fourth-order valence-corrected chi connectivity index (χ4v) is 5.52. The lowest BCUT2D eigenvalue weighted by molar-refractivity contribution is 0.0954. The van der Waals surface area contributed by atoms with Crippen LogP contribution in [0.5, 0.6) is 5.75 Å². The minimum atomic E-state index is -0.0666. The summed E-state index contributed by atoms with van der Waals surface area (Å²) in [5.74, 6) is 1.74. The molecule has 3 aromatic rings. The van der Waals surface area contributed by atoms with Crippen LogP contribution in [-0.2, 0) is 13.0 Å². The number of imidazole rings is 1. The standard InChI is InChI=1S/C35H53N3O2/c1-3-4-5-6-7-8-9-10-11-12-13-14-15-16-17-20-29-38-33-22-19-18-21-32(33)37-34(38)27-28-36-35(39)30-23-25-31(40-2)26-24-30/h18-19,21-26H,3-17,20,27-29H2,1-2H3,(H,36,39). The summed E-state index contributed by atoms with van der Waals surface area (Å²) in [5, 5.41) is 3.05. The van der Waals surface area contributed by atoms with Crippen LogP contribution in [0.3, 0.4) is 0 Å². The highest BCUT2D eigenvalue weighted by molar-refractivity contribution is 5.94. The van der Waals surface area contributed by atoms with Gasteiger partial charge in [-0.1, -0.05) is 115 Å². The molecule has 0 fully saturated rings. The summed E-state index contributed by atoms with van der Waals surface area (Å²) < 4.78 is 7.54. The molecular formula is C35H53N3O2. The van der Waals surface area contributed by atoms with Crippen LogP contribution in [0, 0.1) is 0 Å². The van der Waals surface area contributed by atoms with E-state index in [1.807, 2.05) is 18.2 Å². The van der Waals surface area contributed by atoms with Crippen molar-refractivity contribution in [1.82, 2.24) is 14.9 Å². The quantitative estimate of drug-likeness (QED) is 0.128. The smallest absolute Gasteiger partial charge is 0.251 e. The van der Waals surface area contributed by atoms with Crippen molar-refractivity contribution in [3.05, 3.63) is 59.9 Å². The molecule has 5 heteroatoms. The Hall–Kier alpha value is -2.82. The first-order valence-electron chi connectivity index (χ1n) is 16.1. The molecule has 3 rings (SSSR count). The molecule has 1 aromatic heterocycles. The van der Waals surface area contributed by atoms with Gasteiger partial charge in [-0.05, 0) is 42.8 Å². The number of rotatable bonds is 22. The number of carbonyl (C=O) groups is 1. The van der Waals surface area contributed by atoms with Crippen molar-refractivity contribution in [3.63, 3.8) is 0 Å². The second-order valence-electron chi connectivity index (χ2n) is 11.2. The van der Waals surface area contributed by atoms with Gasteiger partial charge in [-0.3, -0.25) is 4.79 Å². The number of methoxy groups -OCH3 is 1. The van der Waals surface area contributed by atoms with Gasteiger partial charge >= 0.3 is 0 Å². The first-order valence-corrected chi connectivity index (χ1v) is 16.1. The monoisotopic (exact) mass is 547 g/mol. The number of nitrogens with one attached hydrogen (secondary N) is 1. The van der Waals surface area contributed by atoms with Gasteiger partial charge in [-0.2, -0.15) is 0 Å². The number of para-hydroxylation sites is 2. The average molecular weight is 548 g/mol. The molecule has 0 aliphatic rings. The van der Waals surface area contributed by atoms with Crippen LogP contribution >= 0.6 is 0 Å². The van der Waals surface area contributed by atoms with Crippen LogP contribution in [0.2, 0.25) is 0 Å². The second kappa shape index (κ2) is 19.3. The van der Waals surface area contributed by atoms with Gasteiger partial charge in [-0.25, -0.2) is 4.98 Å². The third-order valence-electron chi connectivity index (χ3n) is 7.96. The Morgan fingerprint density at radius 2 is 1.30 bits per heavy atom. The number of ether oxygens (including phenoxy) is 1. The highest BCUT2D eigenvalue weighted by Crippen LogP contribution is 2.19. The summed E-state index contributed by atoms with van der Waals surface area (Å²) in [4.78, 5) is 17.4. The van der Waals surface area contributed by atoms with Gasteiger partial charge in [0.2, 0.25) is 0 Å². The SMILES string of the molecule is CCCCCCCCCCCCCCCCCCn1c(CCNC(=O)c2ccc(OC)cc2)nc2ccccc21. The van der Waals surface area contributed by atoms with E-state index >= 15 is 0 Å². The van der Waals surface area contributed by atoms with E-state index in [-0.39, 0.29) is 5.91 Å². The summed E-state index contributed by atoms with van der Waals surface area (Å²) >= 11 is 0. The second-order valence-corrected chi connectivity index (χ2v) is 11.2. The van der Waals surface area contributed by atoms with E-state index < -0.39 is 0 Å². The number of unbranched alkanes of at least 4 members (excludes halogenated alkanes) is 15. The number of hydrogen-bond donors (Lipinski definition) is 1. The molecule has 40 heavy (non-hydrogen) atoms. The lowest BCUT2D eigenvalue weighted by atomic mass is 10.0. The fourth-order valence-electron chi connectivity index (χ4n) is 5.52. The van der Waals surface area contributed by atoms with Gasteiger partial charge in [0.15, 0.2) is 0 Å². The van der Waals surface area contributed by atoms with Crippen molar-refractivity contribution in [2.45, 2.75) is 123 Å². The molecule has 1 amide bonds. The number of aromatic nitrogens is 2. The van der Waals surface area contributed by atoms with Crippen molar-refractivity contribution in [2.24, 2.45) is 0 Å². The Morgan fingerprint density at radius 1 is 0.750 bits per heavy atom.